The van der Waals surface area contributed by atoms with Gasteiger partial charge in [-0.05, 0) is 36.4 Å². The minimum Gasteiger partial charge on any atom is -0.356 e. The lowest BCUT2D eigenvalue weighted by atomic mass is 10.4. The molecule has 2 rings (SSSR count). The van der Waals surface area contributed by atoms with Gasteiger partial charge < -0.3 is 15.5 Å². The van der Waals surface area contributed by atoms with Crippen LogP contribution in [0.15, 0.2) is 39.5 Å². The molecular formula is C17H24FN5S2. The van der Waals surface area contributed by atoms with Crippen LogP contribution in [0, 0.1) is 5.82 Å². The summed E-state index contributed by atoms with van der Waals surface area (Å²) in [6.45, 7) is 1.47. The maximum atomic E-state index is 12.8. The number of hydrogen-bond donors (Lipinski definition) is 2. The molecule has 1 aromatic carbocycles. The van der Waals surface area contributed by atoms with E-state index in [0.29, 0.717) is 6.54 Å². The molecule has 0 fully saturated rings. The highest BCUT2D eigenvalue weighted by Gasteiger charge is 2.04. The largest absolute Gasteiger partial charge is 0.356 e. The van der Waals surface area contributed by atoms with Gasteiger partial charge in [0.1, 0.15) is 5.82 Å². The zero-order valence-corrected chi connectivity index (χ0v) is 16.4. The fourth-order valence-corrected chi connectivity index (χ4v) is 3.59. The van der Waals surface area contributed by atoms with Crippen molar-refractivity contribution >= 4 is 34.2 Å². The van der Waals surface area contributed by atoms with Crippen molar-refractivity contribution in [1.82, 2.24) is 15.6 Å². The van der Waals surface area contributed by atoms with Crippen LogP contribution in [0.5, 0.6) is 0 Å². The molecule has 25 heavy (non-hydrogen) atoms. The smallest absolute Gasteiger partial charge is 0.191 e. The minimum atomic E-state index is -0.196. The van der Waals surface area contributed by atoms with E-state index in [-0.39, 0.29) is 5.82 Å². The van der Waals surface area contributed by atoms with Crippen LogP contribution in [0.3, 0.4) is 0 Å². The van der Waals surface area contributed by atoms with E-state index in [4.69, 9.17) is 0 Å². The fraction of sp³-hybridized carbons (Fsp3) is 0.412. The number of anilines is 1. The van der Waals surface area contributed by atoms with Gasteiger partial charge in [0.25, 0.3) is 0 Å². The molecule has 2 aromatic rings. The summed E-state index contributed by atoms with van der Waals surface area (Å²) in [5.74, 6) is 1.54. The van der Waals surface area contributed by atoms with Gasteiger partial charge in [0, 0.05) is 38.0 Å². The number of hydrogen-bond acceptors (Lipinski definition) is 5. The second-order valence-corrected chi connectivity index (χ2v) is 7.53. The van der Waals surface area contributed by atoms with Gasteiger partial charge >= 0.3 is 0 Å². The third kappa shape index (κ3) is 6.91. The van der Waals surface area contributed by atoms with Gasteiger partial charge in [-0.3, -0.25) is 4.99 Å². The Morgan fingerprint density at radius 3 is 2.68 bits per heavy atom. The number of nitrogens with one attached hydrogen (secondary N) is 2. The lowest BCUT2D eigenvalue weighted by Crippen LogP contribution is -2.37. The Kier molecular flexibility index (Phi) is 8.00. The van der Waals surface area contributed by atoms with E-state index in [1.807, 2.05) is 31.1 Å². The number of halogens is 1. The van der Waals surface area contributed by atoms with Gasteiger partial charge in [-0.15, -0.1) is 23.1 Å². The Labute approximate surface area is 156 Å². The average molecular weight is 382 g/mol. The van der Waals surface area contributed by atoms with E-state index in [0.717, 1.165) is 40.4 Å². The number of benzene rings is 1. The molecule has 0 atom stereocenters. The molecule has 0 aliphatic heterocycles. The zero-order valence-electron chi connectivity index (χ0n) is 14.8. The molecule has 8 heteroatoms. The number of guanidine groups is 1. The van der Waals surface area contributed by atoms with Crippen LogP contribution < -0.4 is 15.5 Å². The first-order valence-electron chi connectivity index (χ1n) is 8.03. The molecule has 0 amide bonds. The lowest BCUT2D eigenvalue weighted by molar-refractivity contribution is 0.626. The normalized spacial score (nSPS) is 11.4. The molecular weight excluding hydrogens is 357 g/mol. The van der Waals surface area contributed by atoms with Gasteiger partial charge in [-0.2, -0.15) is 0 Å². The highest BCUT2D eigenvalue weighted by molar-refractivity contribution is 7.99. The highest BCUT2D eigenvalue weighted by Crippen LogP contribution is 2.19. The predicted molar refractivity (Wildman–Crippen MR) is 106 cm³/mol. The van der Waals surface area contributed by atoms with Gasteiger partial charge in [0.05, 0.1) is 12.2 Å². The number of aliphatic imine (C=N–C) groups is 1. The maximum absolute atomic E-state index is 12.8. The van der Waals surface area contributed by atoms with E-state index in [2.05, 4.69) is 26.0 Å². The van der Waals surface area contributed by atoms with Crippen molar-refractivity contribution in [2.45, 2.75) is 17.9 Å². The highest BCUT2D eigenvalue weighted by atomic mass is 32.2. The van der Waals surface area contributed by atoms with Crippen molar-refractivity contribution in [3.8, 4) is 0 Å². The first kappa shape index (κ1) is 19.5. The summed E-state index contributed by atoms with van der Waals surface area (Å²) in [5.41, 5.74) is 1.00. The number of thiazole rings is 1. The summed E-state index contributed by atoms with van der Waals surface area (Å²) >= 11 is 3.35. The molecule has 0 saturated heterocycles. The van der Waals surface area contributed by atoms with Gasteiger partial charge in [0.15, 0.2) is 11.1 Å². The topological polar surface area (TPSA) is 52.6 Å². The summed E-state index contributed by atoms with van der Waals surface area (Å²) in [7, 11) is 5.73. The zero-order chi connectivity index (χ0) is 18.1. The fourth-order valence-electron chi connectivity index (χ4n) is 1.98. The van der Waals surface area contributed by atoms with Crippen LogP contribution in [0.25, 0.3) is 0 Å². The molecule has 1 aromatic heterocycles. The molecule has 5 nitrogen and oxygen atoms in total. The predicted octanol–water partition coefficient (Wildman–Crippen LogP) is 3.20. The Morgan fingerprint density at radius 1 is 1.28 bits per heavy atom. The maximum Gasteiger partial charge on any atom is 0.191 e. The van der Waals surface area contributed by atoms with Gasteiger partial charge in [0.2, 0.25) is 0 Å². The van der Waals surface area contributed by atoms with Crippen molar-refractivity contribution in [2.75, 3.05) is 38.3 Å². The van der Waals surface area contributed by atoms with Crippen LogP contribution in [0.2, 0.25) is 0 Å². The number of rotatable bonds is 8. The van der Waals surface area contributed by atoms with Crippen molar-refractivity contribution in [1.29, 1.82) is 0 Å². The number of aromatic nitrogens is 1. The SMILES string of the molecule is CN=C(NCCCSc1ccc(F)cc1)NCc1csc(N(C)C)n1. The van der Waals surface area contributed by atoms with E-state index >= 15 is 0 Å². The van der Waals surface area contributed by atoms with Gasteiger partial charge in [-0.25, -0.2) is 9.37 Å². The summed E-state index contributed by atoms with van der Waals surface area (Å²) in [5, 5.41) is 9.61. The number of thioether (sulfide) groups is 1. The average Bonchev–Trinajstić information content (AvgIpc) is 3.08. The quantitative estimate of drug-likeness (QED) is 0.318. The minimum absolute atomic E-state index is 0.196. The molecule has 2 N–H and O–H groups in total. The molecule has 0 unspecified atom stereocenters. The summed E-state index contributed by atoms with van der Waals surface area (Å²) < 4.78 is 12.8. The third-order valence-corrected chi connectivity index (χ3v) is 5.43. The second kappa shape index (κ2) is 10.2. The monoisotopic (exact) mass is 381 g/mol. The Morgan fingerprint density at radius 2 is 2.04 bits per heavy atom. The van der Waals surface area contributed by atoms with Crippen molar-refractivity contribution in [3.63, 3.8) is 0 Å². The first-order chi connectivity index (χ1) is 12.1. The van der Waals surface area contributed by atoms with Crippen molar-refractivity contribution in [3.05, 3.63) is 41.2 Å². The third-order valence-electron chi connectivity index (χ3n) is 3.28. The van der Waals surface area contributed by atoms with Crippen molar-refractivity contribution in [2.24, 2.45) is 4.99 Å². The summed E-state index contributed by atoms with van der Waals surface area (Å²) in [6, 6.07) is 6.60. The molecule has 0 aliphatic carbocycles. The first-order valence-corrected chi connectivity index (χ1v) is 9.89. The molecule has 0 aliphatic rings. The van der Waals surface area contributed by atoms with E-state index in [1.165, 1.54) is 12.1 Å². The van der Waals surface area contributed by atoms with Crippen molar-refractivity contribution < 1.29 is 4.39 Å². The Balaban J connectivity index is 1.63. The molecule has 0 radical (unpaired) electrons. The molecule has 136 valence electrons. The molecule has 0 bridgehead atoms. The lowest BCUT2D eigenvalue weighted by Gasteiger charge is -2.11. The van der Waals surface area contributed by atoms with Crippen LogP contribution in [-0.2, 0) is 6.54 Å². The standard InChI is InChI=1S/C17H24FN5S2/c1-19-16(21-11-14-12-25-17(22-14)23(2)3)20-9-4-10-24-15-7-5-13(18)6-8-15/h5-8,12H,4,9-11H2,1-3H3,(H2,19,20,21). The Hall–Kier alpha value is -1.80. The molecule has 0 saturated carbocycles. The van der Waals surface area contributed by atoms with E-state index in [1.54, 1.807) is 30.1 Å². The number of nitrogens with zero attached hydrogens (tertiary/aromatic N) is 3. The molecule has 0 spiro atoms. The Bertz CT molecular complexity index is 670. The van der Waals surface area contributed by atoms with Crippen LogP contribution >= 0.6 is 23.1 Å². The molecule has 1 heterocycles. The van der Waals surface area contributed by atoms with Gasteiger partial charge in [-0.1, -0.05) is 0 Å². The van der Waals surface area contributed by atoms with Crippen LogP contribution in [0.1, 0.15) is 12.1 Å². The van der Waals surface area contributed by atoms with E-state index < -0.39 is 0 Å². The second-order valence-electron chi connectivity index (χ2n) is 5.52. The van der Waals surface area contributed by atoms with E-state index in [9.17, 15) is 4.39 Å². The van der Waals surface area contributed by atoms with Crippen LogP contribution in [-0.4, -0.2) is 44.4 Å². The summed E-state index contributed by atoms with van der Waals surface area (Å²) in [6.07, 6.45) is 0.990. The van der Waals surface area contributed by atoms with Crippen LogP contribution in [0.4, 0.5) is 9.52 Å². The summed E-state index contributed by atoms with van der Waals surface area (Å²) in [4.78, 5) is 11.8.